The number of nitrogens with one attached hydrogen (secondary N) is 1. The molecule has 0 unspecified atom stereocenters. The summed E-state index contributed by atoms with van der Waals surface area (Å²) in [6, 6.07) is 12.0. The fourth-order valence-electron chi connectivity index (χ4n) is 3.11. The van der Waals surface area contributed by atoms with Crippen LogP contribution in [-0.2, 0) is 11.3 Å². The predicted molar refractivity (Wildman–Crippen MR) is 120 cm³/mol. The van der Waals surface area contributed by atoms with Crippen molar-refractivity contribution in [3.8, 4) is 16.4 Å². The Labute approximate surface area is 183 Å². The molecule has 4 rings (SSSR count). The van der Waals surface area contributed by atoms with E-state index in [0.29, 0.717) is 5.75 Å². The summed E-state index contributed by atoms with van der Waals surface area (Å²) >= 11 is 3.04. The van der Waals surface area contributed by atoms with E-state index in [-0.39, 0.29) is 11.9 Å². The number of aromatic nitrogens is 5. The first-order chi connectivity index (χ1) is 14.7. The van der Waals surface area contributed by atoms with Crippen LogP contribution in [0.25, 0.3) is 16.4 Å². The van der Waals surface area contributed by atoms with Crippen molar-refractivity contribution in [3.63, 3.8) is 0 Å². The Bertz CT molecular complexity index is 1090. The lowest BCUT2D eigenvalue weighted by Gasteiger charge is -2.15. The Morgan fingerprint density at radius 2 is 2.07 bits per heavy atom. The normalized spacial score (nSPS) is 12.1. The highest BCUT2D eigenvalue weighted by molar-refractivity contribution is 7.99. The average Bonchev–Trinajstić information content (AvgIpc) is 3.53. The fraction of sp³-hybridized carbons (Fsp3) is 0.238. The molecule has 0 aliphatic rings. The quantitative estimate of drug-likeness (QED) is 0.418. The Morgan fingerprint density at radius 1 is 1.23 bits per heavy atom. The first-order valence-corrected chi connectivity index (χ1v) is 11.5. The molecule has 0 radical (unpaired) electrons. The van der Waals surface area contributed by atoms with E-state index in [1.165, 1.54) is 11.8 Å². The first kappa shape index (κ1) is 20.4. The van der Waals surface area contributed by atoms with Gasteiger partial charge in [-0.1, -0.05) is 30.0 Å². The minimum atomic E-state index is -0.0827. The summed E-state index contributed by atoms with van der Waals surface area (Å²) in [6.45, 7) is 4.79. The van der Waals surface area contributed by atoms with Gasteiger partial charge in [0.25, 0.3) is 0 Å². The van der Waals surface area contributed by atoms with Crippen molar-refractivity contribution in [2.45, 2.75) is 31.6 Å². The molecule has 1 aromatic carbocycles. The number of rotatable bonds is 8. The summed E-state index contributed by atoms with van der Waals surface area (Å²) < 4.78 is 3.99. The SMILES string of the molecule is CCn1c(SCC(=O)N[C@@H](C)c2ccc(-n3ccnc3)cc2)nnc1-c1cccs1. The number of hydrogen-bond acceptors (Lipinski definition) is 6. The maximum absolute atomic E-state index is 12.5. The Balaban J connectivity index is 1.35. The summed E-state index contributed by atoms with van der Waals surface area (Å²) in [6.07, 6.45) is 5.41. The molecule has 0 aliphatic carbocycles. The number of carbonyl (C=O) groups excluding carboxylic acids is 1. The van der Waals surface area contributed by atoms with Gasteiger partial charge in [-0.05, 0) is 43.0 Å². The third-order valence-electron chi connectivity index (χ3n) is 4.68. The molecule has 0 aliphatic heterocycles. The van der Waals surface area contributed by atoms with Crippen LogP contribution in [0, 0.1) is 0 Å². The van der Waals surface area contributed by atoms with Gasteiger partial charge in [0.2, 0.25) is 5.91 Å². The molecule has 0 spiro atoms. The number of amides is 1. The van der Waals surface area contributed by atoms with Gasteiger partial charge in [-0.2, -0.15) is 0 Å². The van der Waals surface area contributed by atoms with E-state index in [2.05, 4.69) is 27.4 Å². The molecule has 0 bridgehead atoms. The van der Waals surface area contributed by atoms with Gasteiger partial charge < -0.3 is 14.5 Å². The summed E-state index contributed by atoms with van der Waals surface area (Å²) in [5, 5.41) is 14.4. The van der Waals surface area contributed by atoms with Crippen LogP contribution in [0.1, 0.15) is 25.5 Å². The minimum absolute atomic E-state index is 0.0329. The molecule has 0 fully saturated rings. The molecule has 9 heteroatoms. The standard InChI is InChI=1S/C21H22N6OS2/c1-3-27-20(18-5-4-12-29-18)24-25-21(27)30-13-19(28)23-15(2)16-6-8-17(9-7-16)26-11-10-22-14-26/h4-12,14-15H,3,13H2,1-2H3,(H,23,28)/t15-/m0/s1. The summed E-state index contributed by atoms with van der Waals surface area (Å²) in [5.74, 6) is 1.11. The van der Waals surface area contributed by atoms with Crippen molar-refractivity contribution in [2.24, 2.45) is 0 Å². The predicted octanol–water partition coefficient (Wildman–Crippen LogP) is 4.18. The molecule has 154 valence electrons. The van der Waals surface area contributed by atoms with Crippen LogP contribution in [0.3, 0.4) is 0 Å². The highest BCUT2D eigenvalue weighted by Crippen LogP contribution is 2.27. The Kier molecular flexibility index (Phi) is 6.29. The van der Waals surface area contributed by atoms with Crippen LogP contribution in [0.5, 0.6) is 0 Å². The molecular weight excluding hydrogens is 416 g/mol. The van der Waals surface area contributed by atoms with Crippen molar-refractivity contribution in [2.75, 3.05) is 5.75 Å². The monoisotopic (exact) mass is 438 g/mol. The molecule has 3 aromatic heterocycles. The van der Waals surface area contributed by atoms with Gasteiger partial charge >= 0.3 is 0 Å². The van der Waals surface area contributed by atoms with E-state index in [4.69, 9.17) is 0 Å². The largest absolute Gasteiger partial charge is 0.349 e. The number of hydrogen-bond donors (Lipinski definition) is 1. The summed E-state index contributed by atoms with van der Waals surface area (Å²) in [7, 11) is 0. The van der Waals surface area contributed by atoms with Gasteiger partial charge in [0, 0.05) is 24.6 Å². The number of nitrogens with zero attached hydrogens (tertiary/aromatic N) is 5. The second-order valence-corrected chi connectivity index (χ2v) is 8.56. The lowest BCUT2D eigenvalue weighted by Crippen LogP contribution is -2.28. The zero-order valence-electron chi connectivity index (χ0n) is 16.7. The molecule has 3 heterocycles. The van der Waals surface area contributed by atoms with Crippen molar-refractivity contribution >= 4 is 29.0 Å². The molecule has 30 heavy (non-hydrogen) atoms. The van der Waals surface area contributed by atoms with Crippen LogP contribution in [0.4, 0.5) is 0 Å². The molecular formula is C21H22N6OS2. The van der Waals surface area contributed by atoms with E-state index in [9.17, 15) is 4.79 Å². The zero-order chi connectivity index (χ0) is 20.9. The maximum atomic E-state index is 12.5. The van der Waals surface area contributed by atoms with Crippen molar-refractivity contribution in [1.82, 2.24) is 29.6 Å². The number of imidazole rings is 1. The van der Waals surface area contributed by atoms with E-state index in [1.54, 1.807) is 23.9 Å². The second kappa shape index (κ2) is 9.27. The average molecular weight is 439 g/mol. The van der Waals surface area contributed by atoms with Crippen LogP contribution in [0.15, 0.2) is 65.7 Å². The summed E-state index contributed by atoms with van der Waals surface area (Å²) in [4.78, 5) is 17.6. The first-order valence-electron chi connectivity index (χ1n) is 9.63. The van der Waals surface area contributed by atoms with E-state index in [1.807, 2.05) is 64.0 Å². The fourth-order valence-corrected chi connectivity index (χ4v) is 4.64. The third-order valence-corrected chi connectivity index (χ3v) is 6.51. The lowest BCUT2D eigenvalue weighted by atomic mass is 10.1. The molecule has 1 atom stereocenters. The van der Waals surface area contributed by atoms with Crippen LogP contribution < -0.4 is 5.32 Å². The highest BCUT2D eigenvalue weighted by Gasteiger charge is 2.16. The number of carbonyl (C=O) groups is 1. The van der Waals surface area contributed by atoms with Crippen molar-refractivity contribution in [1.29, 1.82) is 0 Å². The molecule has 1 amide bonds. The van der Waals surface area contributed by atoms with Gasteiger partial charge in [-0.25, -0.2) is 4.98 Å². The Morgan fingerprint density at radius 3 is 2.73 bits per heavy atom. The van der Waals surface area contributed by atoms with Gasteiger partial charge in [0.15, 0.2) is 11.0 Å². The molecule has 0 saturated carbocycles. The lowest BCUT2D eigenvalue weighted by molar-refractivity contribution is -0.119. The minimum Gasteiger partial charge on any atom is -0.349 e. The number of thioether (sulfide) groups is 1. The zero-order valence-corrected chi connectivity index (χ0v) is 18.4. The van der Waals surface area contributed by atoms with Crippen LogP contribution in [-0.4, -0.2) is 36.0 Å². The second-order valence-electron chi connectivity index (χ2n) is 6.67. The highest BCUT2D eigenvalue weighted by atomic mass is 32.2. The van der Waals surface area contributed by atoms with Gasteiger partial charge in [-0.3, -0.25) is 4.79 Å². The summed E-state index contributed by atoms with van der Waals surface area (Å²) in [5.41, 5.74) is 2.08. The van der Waals surface area contributed by atoms with Gasteiger partial charge in [-0.15, -0.1) is 21.5 Å². The Hall–Kier alpha value is -2.91. The smallest absolute Gasteiger partial charge is 0.230 e. The van der Waals surface area contributed by atoms with Gasteiger partial charge in [0.05, 0.1) is 23.0 Å². The number of benzene rings is 1. The molecule has 4 aromatic rings. The maximum Gasteiger partial charge on any atom is 0.230 e. The van der Waals surface area contributed by atoms with E-state index < -0.39 is 0 Å². The van der Waals surface area contributed by atoms with E-state index >= 15 is 0 Å². The van der Waals surface area contributed by atoms with Gasteiger partial charge in [0.1, 0.15) is 0 Å². The molecule has 0 saturated heterocycles. The van der Waals surface area contributed by atoms with Crippen molar-refractivity contribution < 1.29 is 4.79 Å². The topological polar surface area (TPSA) is 77.6 Å². The van der Waals surface area contributed by atoms with Crippen LogP contribution >= 0.6 is 23.1 Å². The molecule has 1 N–H and O–H groups in total. The molecule has 7 nitrogen and oxygen atoms in total. The third kappa shape index (κ3) is 4.47. The van der Waals surface area contributed by atoms with Crippen LogP contribution in [0.2, 0.25) is 0 Å². The van der Waals surface area contributed by atoms with E-state index in [0.717, 1.165) is 33.7 Å². The van der Waals surface area contributed by atoms with Crippen molar-refractivity contribution in [3.05, 3.63) is 66.1 Å². The number of thiophene rings is 1.